The van der Waals surface area contributed by atoms with Crippen LogP contribution in [0.1, 0.15) is 23.7 Å². The summed E-state index contributed by atoms with van der Waals surface area (Å²) in [4.78, 5) is 33.2. The monoisotopic (exact) mass is 283 g/mol. The highest BCUT2D eigenvalue weighted by molar-refractivity contribution is 7.99. The Bertz CT molecular complexity index is 515. The molecule has 1 aromatic carbocycles. The number of non-ortho nitro benzene ring substituents is 1. The molecule has 0 saturated heterocycles. The molecule has 0 radical (unpaired) electrons. The Balaban J connectivity index is 2.85. The van der Waals surface area contributed by atoms with Crippen molar-refractivity contribution in [2.24, 2.45) is 0 Å². The zero-order valence-corrected chi connectivity index (χ0v) is 11.4. The number of carbonyl (C=O) groups excluding carboxylic acids is 2. The van der Waals surface area contributed by atoms with E-state index in [0.29, 0.717) is 16.2 Å². The van der Waals surface area contributed by atoms with Gasteiger partial charge in [0.1, 0.15) is 0 Å². The van der Waals surface area contributed by atoms with Crippen molar-refractivity contribution in [3.63, 3.8) is 0 Å². The van der Waals surface area contributed by atoms with Crippen molar-refractivity contribution in [2.75, 3.05) is 12.9 Å². The third kappa shape index (κ3) is 4.36. The molecule has 1 rings (SSSR count). The summed E-state index contributed by atoms with van der Waals surface area (Å²) >= 11 is 1.30. The number of ether oxygens (including phenoxy) is 1. The van der Waals surface area contributed by atoms with Gasteiger partial charge in [-0.25, -0.2) is 0 Å². The molecule has 0 atom stereocenters. The van der Waals surface area contributed by atoms with Gasteiger partial charge in [0.2, 0.25) is 0 Å². The summed E-state index contributed by atoms with van der Waals surface area (Å²) in [6, 6.07) is 4.12. The number of benzene rings is 1. The molecule has 0 aliphatic carbocycles. The molecule has 1 aromatic rings. The van der Waals surface area contributed by atoms with E-state index in [1.54, 1.807) is 0 Å². The molecule has 0 bridgehead atoms. The Morgan fingerprint density at radius 2 is 2.11 bits per heavy atom. The van der Waals surface area contributed by atoms with E-state index in [-0.39, 0.29) is 23.9 Å². The number of hydrogen-bond donors (Lipinski definition) is 0. The number of carbonyl (C=O) groups is 2. The second kappa shape index (κ2) is 6.89. The summed E-state index contributed by atoms with van der Waals surface area (Å²) in [6.45, 7) is 1.35. The normalized spacial score (nSPS) is 10.0. The van der Waals surface area contributed by atoms with Gasteiger partial charge in [-0.05, 0) is 13.0 Å². The number of nitro groups is 1. The lowest BCUT2D eigenvalue weighted by molar-refractivity contribution is -0.384. The fourth-order valence-corrected chi connectivity index (χ4v) is 2.39. The molecule has 0 fully saturated rings. The third-order valence-electron chi connectivity index (χ3n) is 2.34. The number of rotatable bonds is 6. The summed E-state index contributed by atoms with van der Waals surface area (Å²) < 4.78 is 4.51. The molecule has 7 heteroatoms. The topological polar surface area (TPSA) is 86.5 Å². The van der Waals surface area contributed by atoms with Gasteiger partial charge in [-0.1, -0.05) is 0 Å². The molecule has 0 amide bonds. The van der Waals surface area contributed by atoms with E-state index < -0.39 is 4.92 Å². The smallest absolute Gasteiger partial charge is 0.306 e. The van der Waals surface area contributed by atoms with Crippen LogP contribution in [0, 0.1) is 10.1 Å². The minimum Gasteiger partial charge on any atom is -0.469 e. The fourth-order valence-electron chi connectivity index (χ4n) is 1.38. The largest absolute Gasteiger partial charge is 0.469 e. The summed E-state index contributed by atoms with van der Waals surface area (Å²) in [5.74, 6) is -0.131. The van der Waals surface area contributed by atoms with Gasteiger partial charge < -0.3 is 4.74 Å². The average Bonchev–Trinajstić information content (AvgIpc) is 2.38. The Labute approximate surface area is 114 Å². The number of nitrogens with zero attached hydrogens (tertiary/aromatic N) is 1. The second-order valence-corrected chi connectivity index (χ2v) is 4.81. The first-order valence-electron chi connectivity index (χ1n) is 5.44. The Morgan fingerprint density at radius 3 is 2.63 bits per heavy atom. The molecule has 0 saturated carbocycles. The minimum absolute atomic E-state index is 0.123. The van der Waals surface area contributed by atoms with Gasteiger partial charge in [-0.2, -0.15) is 0 Å². The lowest BCUT2D eigenvalue weighted by Crippen LogP contribution is -2.02. The van der Waals surface area contributed by atoms with E-state index in [1.165, 1.54) is 44.0 Å². The molecule has 0 aliphatic rings. The molecular weight excluding hydrogens is 270 g/mol. The van der Waals surface area contributed by atoms with Crippen molar-refractivity contribution >= 4 is 29.2 Å². The van der Waals surface area contributed by atoms with Crippen LogP contribution in [0.2, 0.25) is 0 Å². The summed E-state index contributed by atoms with van der Waals surface area (Å²) in [5.41, 5.74) is 0.173. The van der Waals surface area contributed by atoms with Crippen LogP contribution in [0.3, 0.4) is 0 Å². The zero-order valence-electron chi connectivity index (χ0n) is 10.5. The highest BCUT2D eigenvalue weighted by Crippen LogP contribution is 2.27. The molecule has 102 valence electrons. The van der Waals surface area contributed by atoms with Crippen molar-refractivity contribution in [3.8, 4) is 0 Å². The highest BCUT2D eigenvalue weighted by Gasteiger charge is 2.14. The Hall–Kier alpha value is -1.89. The molecule has 0 N–H and O–H groups in total. The van der Waals surface area contributed by atoms with Gasteiger partial charge in [0.25, 0.3) is 5.69 Å². The number of esters is 1. The van der Waals surface area contributed by atoms with Crippen LogP contribution in [-0.2, 0) is 9.53 Å². The first kappa shape index (κ1) is 15.2. The maximum Gasteiger partial charge on any atom is 0.306 e. The van der Waals surface area contributed by atoms with Crippen LogP contribution in [0.4, 0.5) is 5.69 Å². The molecule has 6 nitrogen and oxygen atoms in total. The van der Waals surface area contributed by atoms with Gasteiger partial charge >= 0.3 is 5.97 Å². The maximum atomic E-state index is 11.5. The number of ketones is 1. The van der Waals surface area contributed by atoms with Crippen LogP contribution < -0.4 is 0 Å². The molecule has 0 aromatic heterocycles. The van der Waals surface area contributed by atoms with Crippen LogP contribution in [0.25, 0.3) is 0 Å². The number of Topliss-reactive ketones (excluding diaryl/α,β-unsaturated/α-hetero) is 1. The van der Waals surface area contributed by atoms with E-state index in [4.69, 9.17) is 0 Å². The van der Waals surface area contributed by atoms with Crippen LogP contribution >= 0.6 is 11.8 Å². The predicted octanol–water partition coefficient (Wildman–Crippen LogP) is 2.45. The van der Waals surface area contributed by atoms with E-state index in [1.807, 2.05) is 0 Å². The fraction of sp³-hybridized carbons (Fsp3) is 0.333. The van der Waals surface area contributed by atoms with Crippen LogP contribution in [-0.4, -0.2) is 29.5 Å². The van der Waals surface area contributed by atoms with Gasteiger partial charge in [-0.15, -0.1) is 11.8 Å². The zero-order chi connectivity index (χ0) is 14.4. The highest BCUT2D eigenvalue weighted by atomic mass is 32.2. The predicted molar refractivity (Wildman–Crippen MR) is 70.5 cm³/mol. The summed E-state index contributed by atoms with van der Waals surface area (Å²) in [5, 5.41) is 10.7. The first-order valence-corrected chi connectivity index (χ1v) is 6.43. The quantitative estimate of drug-likeness (QED) is 0.262. The molecule has 0 heterocycles. The van der Waals surface area contributed by atoms with Crippen molar-refractivity contribution in [1.82, 2.24) is 0 Å². The molecule has 0 aliphatic heterocycles. The van der Waals surface area contributed by atoms with E-state index >= 15 is 0 Å². The second-order valence-electron chi connectivity index (χ2n) is 3.67. The van der Waals surface area contributed by atoms with E-state index in [9.17, 15) is 19.7 Å². The molecular formula is C12H13NO5S. The van der Waals surface area contributed by atoms with Crippen molar-refractivity contribution < 1.29 is 19.2 Å². The number of nitro benzene ring substituents is 1. The summed E-state index contributed by atoms with van der Waals surface area (Å²) in [6.07, 6.45) is 0.218. The van der Waals surface area contributed by atoms with Gasteiger partial charge in [0.15, 0.2) is 5.78 Å². The maximum absolute atomic E-state index is 11.5. The van der Waals surface area contributed by atoms with Crippen molar-refractivity contribution in [3.05, 3.63) is 33.9 Å². The molecule has 19 heavy (non-hydrogen) atoms. The lowest BCUT2D eigenvalue weighted by Gasteiger charge is -2.06. The molecule has 0 spiro atoms. The summed E-state index contributed by atoms with van der Waals surface area (Å²) in [7, 11) is 1.31. The lowest BCUT2D eigenvalue weighted by atomic mass is 10.1. The van der Waals surface area contributed by atoms with E-state index in [0.717, 1.165) is 0 Å². The number of methoxy groups -OCH3 is 1. The van der Waals surface area contributed by atoms with Crippen LogP contribution in [0.5, 0.6) is 0 Å². The average molecular weight is 283 g/mol. The standard InChI is InChI=1S/C12H13NO5S/c1-8(14)10-7-9(13(16)17)3-4-11(10)19-6-5-12(15)18-2/h3-4,7H,5-6H2,1-2H3. The first-order chi connectivity index (χ1) is 8.95. The van der Waals surface area contributed by atoms with Gasteiger partial charge in [0.05, 0.1) is 18.5 Å². The van der Waals surface area contributed by atoms with Crippen molar-refractivity contribution in [2.45, 2.75) is 18.2 Å². The van der Waals surface area contributed by atoms with Gasteiger partial charge in [-0.3, -0.25) is 19.7 Å². The Kier molecular flexibility index (Phi) is 5.50. The SMILES string of the molecule is COC(=O)CCSc1ccc([N+](=O)[O-])cc1C(C)=O. The number of hydrogen-bond acceptors (Lipinski definition) is 6. The van der Waals surface area contributed by atoms with Crippen molar-refractivity contribution in [1.29, 1.82) is 0 Å². The number of thioether (sulfide) groups is 1. The van der Waals surface area contributed by atoms with Gasteiger partial charge in [0, 0.05) is 28.3 Å². The van der Waals surface area contributed by atoms with Crippen LogP contribution in [0.15, 0.2) is 23.1 Å². The minimum atomic E-state index is -0.546. The van der Waals surface area contributed by atoms with E-state index in [2.05, 4.69) is 4.74 Å². The molecule has 0 unspecified atom stereocenters. The Morgan fingerprint density at radius 1 is 1.42 bits per heavy atom. The third-order valence-corrected chi connectivity index (χ3v) is 3.42.